The molecule has 0 unspecified atom stereocenters. The molecule has 2 aromatic carbocycles. The molecule has 0 saturated carbocycles. The van der Waals surface area contributed by atoms with E-state index in [2.05, 4.69) is 5.32 Å². The number of nitrogens with zero attached hydrogens (tertiary/aromatic N) is 2. The molecule has 0 atom stereocenters. The molecule has 0 fully saturated rings. The maximum atomic E-state index is 12.6. The molecule has 2 aromatic rings. The highest BCUT2D eigenvalue weighted by molar-refractivity contribution is 6.00. The number of hydrogen-bond donors (Lipinski definition) is 1. The Labute approximate surface area is 161 Å². The molecule has 4 rings (SSSR count). The number of carbonyl (C=O) groups excluding carboxylic acids is 3. The summed E-state index contributed by atoms with van der Waals surface area (Å²) in [7, 11) is 1.66. The van der Waals surface area contributed by atoms with E-state index in [1.165, 1.54) is 4.90 Å². The molecule has 144 valence electrons. The monoisotopic (exact) mass is 381 g/mol. The topological polar surface area (TPSA) is 88.2 Å². The van der Waals surface area contributed by atoms with Crippen molar-refractivity contribution in [1.29, 1.82) is 0 Å². The maximum Gasteiger partial charge on any atom is 0.331 e. The summed E-state index contributed by atoms with van der Waals surface area (Å²) in [6, 6.07) is 10.6. The van der Waals surface area contributed by atoms with Gasteiger partial charge in [-0.05, 0) is 42.8 Å². The molecule has 2 heterocycles. The van der Waals surface area contributed by atoms with Crippen LogP contribution in [0.5, 0.6) is 11.5 Å². The van der Waals surface area contributed by atoms with Gasteiger partial charge in [-0.15, -0.1) is 0 Å². The first-order chi connectivity index (χ1) is 13.4. The lowest BCUT2D eigenvalue weighted by atomic mass is 10.1. The molecule has 2 amide bonds. The summed E-state index contributed by atoms with van der Waals surface area (Å²) >= 11 is 0. The third-order valence-corrected chi connectivity index (χ3v) is 4.66. The highest BCUT2D eigenvalue weighted by Crippen LogP contribution is 2.34. The van der Waals surface area contributed by atoms with E-state index in [0.717, 1.165) is 5.56 Å². The zero-order valence-electron chi connectivity index (χ0n) is 15.5. The molecule has 0 aromatic heterocycles. The minimum absolute atomic E-state index is 0.000845. The molecule has 8 nitrogen and oxygen atoms in total. The van der Waals surface area contributed by atoms with Crippen LogP contribution in [0.2, 0.25) is 0 Å². The summed E-state index contributed by atoms with van der Waals surface area (Å²) in [5.74, 6) is 0.192. The summed E-state index contributed by atoms with van der Waals surface area (Å²) in [6.07, 6.45) is 0. The molecule has 0 bridgehead atoms. The Balaban J connectivity index is 1.50. The average Bonchev–Trinajstić information content (AvgIpc) is 2.64. The third kappa shape index (κ3) is 3.36. The smallest absolute Gasteiger partial charge is 0.331 e. The van der Waals surface area contributed by atoms with Crippen LogP contribution in [-0.2, 0) is 14.4 Å². The van der Waals surface area contributed by atoms with Crippen LogP contribution in [0.3, 0.4) is 0 Å². The number of aryl methyl sites for hydroxylation is 1. The van der Waals surface area contributed by atoms with Gasteiger partial charge in [-0.2, -0.15) is 0 Å². The number of amides is 2. The van der Waals surface area contributed by atoms with Gasteiger partial charge in [0.1, 0.15) is 12.3 Å². The van der Waals surface area contributed by atoms with Crippen molar-refractivity contribution in [2.45, 2.75) is 6.92 Å². The van der Waals surface area contributed by atoms with Crippen LogP contribution < -0.4 is 24.6 Å². The van der Waals surface area contributed by atoms with Crippen LogP contribution in [-0.4, -0.2) is 44.5 Å². The maximum absolute atomic E-state index is 12.6. The molecule has 0 saturated heterocycles. The highest BCUT2D eigenvalue weighted by atomic mass is 16.5. The number of esters is 1. The Morgan fingerprint density at radius 3 is 2.75 bits per heavy atom. The van der Waals surface area contributed by atoms with Crippen molar-refractivity contribution in [2.24, 2.45) is 0 Å². The van der Waals surface area contributed by atoms with Crippen LogP contribution in [0, 0.1) is 6.92 Å². The van der Waals surface area contributed by atoms with Crippen molar-refractivity contribution >= 4 is 34.8 Å². The Bertz CT molecular complexity index is 988. The second-order valence-electron chi connectivity index (χ2n) is 6.77. The van der Waals surface area contributed by atoms with Gasteiger partial charge in [0.05, 0.1) is 17.9 Å². The quantitative estimate of drug-likeness (QED) is 0.643. The fraction of sp³-hybridized carbons (Fsp3) is 0.250. The number of fused-ring (bicyclic) bond motifs is 2. The predicted octanol–water partition coefficient (Wildman–Crippen LogP) is 1.71. The zero-order chi connectivity index (χ0) is 19.8. The molecule has 8 heteroatoms. The molecule has 0 radical (unpaired) electrons. The summed E-state index contributed by atoms with van der Waals surface area (Å²) < 4.78 is 10.6. The molecule has 2 aliphatic rings. The second kappa shape index (κ2) is 6.88. The largest absolute Gasteiger partial charge is 0.482 e. The third-order valence-electron chi connectivity index (χ3n) is 4.66. The molecular weight excluding hydrogens is 362 g/mol. The first-order valence-corrected chi connectivity index (χ1v) is 8.80. The Kier molecular flexibility index (Phi) is 4.38. The van der Waals surface area contributed by atoms with Crippen LogP contribution in [0.1, 0.15) is 5.56 Å². The number of carbonyl (C=O) groups is 3. The normalized spacial score (nSPS) is 15.4. The molecule has 1 N–H and O–H groups in total. The predicted molar refractivity (Wildman–Crippen MR) is 103 cm³/mol. The second-order valence-corrected chi connectivity index (χ2v) is 6.77. The van der Waals surface area contributed by atoms with E-state index in [1.807, 2.05) is 19.1 Å². The average molecular weight is 381 g/mol. The van der Waals surface area contributed by atoms with Crippen LogP contribution in [0.15, 0.2) is 36.4 Å². The first-order valence-electron chi connectivity index (χ1n) is 8.80. The van der Waals surface area contributed by atoms with E-state index in [-0.39, 0.29) is 31.5 Å². The Hall–Kier alpha value is -3.55. The number of nitrogens with one attached hydrogen (secondary N) is 1. The van der Waals surface area contributed by atoms with E-state index in [0.29, 0.717) is 28.6 Å². The van der Waals surface area contributed by atoms with Gasteiger partial charge in [-0.3, -0.25) is 9.59 Å². The molecule has 28 heavy (non-hydrogen) atoms. The van der Waals surface area contributed by atoms with Gasteiger partial charge in [0.2, 0.25) is 5.91 Å². The van der Waals surface area contributed by atoms with E-state index in [4.69, 9.17) is 9.47 Å². The lowest BCUT2D eigenvalue weighted by molar-refractivity contribution is -0.133. The summed E-state index contributed by atoms with van der Waals surface area (Å²) in [6.45, 7) is 1.90. The van der Waals surface area contributed by atoms with Gasteiger partial charge >= 0.3 is 5.97 Å². The zero-order valence-corrected chi connectivity index (χ0v) is 15.5. The number of rotatable bonds is 3. The number of ether oxygens (including phenoxy) is 2. The lowest BCUT2D eigenvalue weighted by Gasteiger charge is -2.29. The minimum atomic E-state index is -0.406. The Morgan fingerprint density at radius 1 is 1.11 bits per heavy atom. The van der Waals surface area contributed by atoms with Crippen molar-refractivity contribution in [1.82, 2.24) is 0 Å². The van der Waals surface area contributed by atoms with Crippen LogP contribution in [0.4, 0.5) is 17.1 Å². The van der Waals surface area contributed by atoms with Crippen LogP contribution >= 0.6 is 0 Å². The molecule has 0 aliphatic carbocycles. The highest BCUT2D eigenvalue weighted by Gasteiger charge is 2.26. The molecular formula is C20H19N3O5. The van der Waals surface area contributed by atoms with Crippen LogP contribution in [0.25, 0.3) is 0 Å². The Morgan fingerprint density at radius 2 is 1.93 bits per heavy atom. The molecule has 2 aliphatic heterocycles. The lowest BCUT2D eigenvalue weighted by Crippen LogP contribution is -2.41. The van der Waals surface area contributed by atoms with Gasteiger partial charge in [0.25, 0.3) is 5.91 Å². The van der Waals surface area contributed by atoms with Gasteiger partial charge in [0, 0.05) is 12.7 Å². The van der Waals surface area contributed by atoms with Crippen molar-refractivity contribution < 1.29 is 23.9 Å². The van der Waals surface area contributed by atoms with Gasteiger partial charge in [0.15, 0.2) is 12.4 Å². The van der Waals surface area contributed by atoms with Gasteiger partial charge in [-0.1, -0.05) is 6.07 Å². The van der Waals surface area contributed by atoms with Gasteiger partial charge < -0.3 is 24.6 Å². The summed E-state index contributed by atoms with van der Waals surface area (Å²) in [5.41, 5.74) is 2.80. The number of likely N-dealkylation sites (N-methyl/N-ethyl adjacent to an activating group) is 1. The van der Waals surface area contributed by atoms with E-state index < -0.39 is 5.97 Å². The first kappa shape index (κ1) is 17.8. The van der Waals surface area contributed by atoms with E-state index in [1.54, 1.807) is 36.2 Å². The summed E-state index contributed by atoms with van der Waals surface area (Å²) in [5, 5.41) is 2.81. The SMILES string of the molecule is Cc1ccc2c(c1)OC(=O)CN2CC(=O)Nc1ccc2c(c1)N(C)C(=O)CO2. The number of benzene rings is 2. The fourth-order valence-electron chi connectivity index (χ4n) is 3.23. The van der Waals surface area contributed by atoms with Gasteiger partial charge in [-0.25, -0.2) is 4.79 Å². The standard InChI is InChI=1S/C20H19N3O5/c1-12-3-5-14-17(7-12)28-20(26)10-23(14)9-18(24)21-13-4-6-16-15(8-13)22(2)19(25)11-27-16/h3-8H,9-11H2,1-2H3,(H,21,24). The van der Waals surface area contributed by atoms with E-state index in [9.17, 15) is 14.4 Å². The molecule has 0 spiro atoms. The van der Waals surface area contributed by atoms with Crippen molar-refractivity contribution in [3.05, 3.63) is 42.0 Å². The van der Waals surface area contributed by atoms with Crippen molar-refractivity contribution in [3.63, 3.8) is 0 Å². The number of anilines is 3. The van der Waals surface area contributed by atoms with Crippen molar-refractivity contribution in [2.75, 3.05) is 41.9 Å². The summed E-state index contributed by atoms with van der Waals surface area (Å²) in [4.78, 5) is 39.4. The minimum Gasteiger partial charge on any atom is -0.482 e. The number of hydrogen-bond acceptors (Lipinski definition) is 6. The van der Waals surface area contributed by atoms with Crippen molar-refractivity contribution in [3.8, 4) is 11.5 Å². The van der Waals surface area contributed by atoms with E-state index >= 15 is 0 Å². The fourth-order valence-corrected chi connectivity index (χ4v) is 3.23.